The Bertz CT molecular complexity index is 1190. The fourth-order valence-corrected chi connectivity index (χ4v) is 3.08. The van der Waals surface area contributed by atoms with Crippen LogP contribution in [0.3, 0.4) is 0 Å². The van der Waals surface area contributed by atoms with Gasteiger partial charge < -0.3 is 14.6 Å². The Labute approximate surface area is 178 Å². The quantitative estimate of drug-likeness (QED) is 0.490. The van der Waals surface area contributed by atoms with Gasteiger partial charge in [-0.05, 0) is 44.8 Å². The van der Waals surface area contributed by atoms with E-state index in [1.54, 1.807) is 37.8 Å². The lowest BCUT2D eigenvalue weighted by atomic mass is 10.0. The molecule has 1 aromatic carbocycles. The number of hydrogen-bond donors (Lipinski definition) is 2. The lowest BCUT2D eigenvalue weighted by molar-refractivity contribution is 0.167. The zero-order chi connectivity index (χ0) is 21.8. The highest BCUT2D eigenvalue weighted by atomic mass is 16.5. The number of H-pyrrole nitrogens is 1. The number of carbonyl (C=O) groups excluding carboxylic acids is 1. The number of nitrogens with zero attached hydrogens (tertiary/aromatic N) is 6. The molecule has 0 aliphatic rings. The predicted octanol–water partition coefficient (Wildman–Crippen LogP) is 3.11. The van der Waals surface area contributed by atoms with Crippen molar-refractivity contribution in [3.05, 3.63) is 48.8 Å². The number of carbonyl (C=O) groups is 1. The maximum Gasteiger partial charge on any atom is 0.413 e. The summed E-state index contributed by atoms with van der Waals surface area (Å²) >= 11 is 0. The van der Waals surface area contributed by atoms with E-state index in [4.69, 9.17) is 4.74 Å². The van der Waals surface area contributed by atoms with Gasteiger partial charge in [-0.1, -0.05) is 0 Å². The van der Waals surface area contributed by atoms with Gasteiger partial charge in [0.05, 0.1) is 18.7 Å². The fraction of sp³-hybridized carbons (Fsp3) is 0.238. The number of amides is 1. The van der Waals surface area contributed by atoms with E-state index in [1.807, 2.05) is 31.1 Å². The molecule has 2 N–H and O–H groups in total. The average molecular weight is 418 g/mol. The van der Waals surface area contributed by atoms with Crippen LogP contribution in [0.25, 0.3) is 33.5 Å². The molecule has 0 saturated heterocycles. The SMILES string of the molecule is CCOC(=O)Nc1nc2c(-c3ncccn3)cc(-c3cnc(CN(C)C)nc3)cc2[nH]1. The van der Waals surface area contributed by atoms with Crippen molar-refractivity contribution < 1.29 is 9.53 Å². The second kappa shape index (κ2) is 8.84. The molecule has 0 saturated carbocycles. The topological polar surface area (TPSA) is 122 Å². The summed E-state index contributed by atoms with van der Waals surface area (Å²) in [6.45, 7) is 2.66. The normalized spacial score (nSPS) is 11.1. The molecule has 0 bridgehead atoms. The second-order valence-corrected chi connectivity index (χ2v) is 7.05. The van der Waals surface area contributed by atoms with Gasteiger partial charge in [-0.3, -0.25) is 5.32 Å². The van der Waals surface area contributed by atoms with Crippen LogP contribution in [-0.2, 0) is 11.3 Å². The third-order valence-electron chi connectivity index (χ3n) is 4.39. The number of benzene rings is 1. The number of fused-ring (bicyclic) bond motifs is 1. The molecule has 3 heterocycles. The van der Waals surface area contributed by atoms with Crippen LogP contribution >= 0.6 is 0 Å². The first-order valence-corrected chi connectivity index (χ1v) is 9.74. The third-order valence-corrected chi connectivity index (χ3v) is 4.39. The Kier molecular flexibility index (Phi) is 5.80. The van der Waals surface area contributed by atoms with E-state index in [0.717, 1.165) is 22.5 Å². The van der Waals surface area contributed by atoms with Crippen molar-refractivity contribution in [2.24, 2.45) is 0 Å². The molecule has 0 radical (unpaired) electrons. The third kappa shape index (κ3) is 4.64. The summed E-state index contributed by atoms with van der Waals surface area (Å²) in [5.74, 6) is 1.54. The number of ether oxygens (including phenoxy) is 1. The Morgan fingerprint density at radius 1 is 1.10 bits per heavy atom. The van der Waals surface area contributed by atoms with Gasteiger partial charge in [-0.25, -0.2) is 29.7 Å². The number of rotatable bonds is 6. The molecular formula is C21H22N8O2. The number of aromatic nitrogens is 6. The minimum Gasteiger partial charge on any atom is -0.450 e. The molecule has 0 aliphatic heterocycles. The molecule has 0 aliphatic carbocycles. The molecule has 4 rings (SSSR count). The van der Waals surface area contributed by atoms with Gasteiger partial charge in [0.2, 0.25) is 5.95 Å². The van der Waals surface area contributed by atoms with Crippen molar-refractivity contribution in [2.75, 3.05) is 26.0 Å². The molecule has 10 heteroatoms. The summed E-state index contributed by atoms with van der Waals surface area (Å²) < 4.78 is 4.93. The van der Waals surface area contributed by atoms with E-state index in [-0.39, 0.29) is 12.6 Å². The minimum absolute atomic E-state index is 0.267. The maximum absolute atomic E-state index is 11.8. The highest BCUT2D eigenvalue weighted by Crippen LogP contribution is 2.32. The van der Waals surface area contributed by atoms with Crippen LogP contribution in [0.15, 0.2) is 43.0 Å². The maximum atomic E-state index is 11.8. The van der Waals surface area contributed by atoms with E-state index >= 15 is 0 Å². The van der Waals surface area contributed by atoms with Gasteiger partial charge in [0.1, 0.15) is 11.3 Å². The van der Waals surface area contributed by atoms with Gasteiger partial charge in [-0.15, -0.1) is 0 Å². The van der Waals surface area contributed by atoms with E-state index in [2.05, 4.69) is 35.2 Å². The summed E-state index contributed by atoms with van der Waals surface area (Å²) in [5.41, 5.74) is 3.78. The zero-order valence-electron chi connectivity index (χ0n) is 17.5. The molecule has 1 amide bonds. The summed E-state index contributed by atoms with van der Waals surface area (Å²) in [6.07, 6.45) is 6.34. The van der Waals surface area contributed by atoms with Crippen molar-refractivity contribution in [1.29, 1.82) is 0 Å². The largest absolute Gasteiger partial charge is 0.450 e. The van der Waals surface area contributed by atoms with Crippen molar-refractivity contribution in [1.82, 2.24) is 34.8 Å². The second-order valence-electron chi connectivity index (χ2n) is 7.05. The van der Waals surface area contributed by atoms with E-state index < -0.39 is 6.09 Å². The van der Waals surface area contributed by atoms with E-state index in [0.29, 0.717) is 23.4 Å². The lowest BCUT2D eigenvalue weighted by Crippen LogP contribution is -2.14. The van der Waals surface area contributed by atoms with Crippen LogP contribution in [0.2, 0.25) is 0 Å². The van der Waals surface area contributed by atoms with Crippen molar-refractivity contribution in [2.45, 2.75) is 13.5 Å². The van der Waals surface area contributed by atoms with E-state index in [9.17, 15) is 4.79 Å². The number of imidazole rings is 1. The Balaban J connectivity index is 1.78. The van der Waals surface area contributed by atoms with Gasteiger partial charge in [0.25, 0.3) is 0 Å². The number of hydrogen-bond acceptors (Lipinski definition) is 8. The first-order chi connectivity index (χ1) is 15.0. The van der Waals surface area contributed by atoms with Crippen LogP contribution in [0.1, 0.15) is 12.7 Å². The fourth-order valence-electron chi connectivity index (χ4n) is 3.08. The molecule has 0 atom stereocenters. The molecule has 10 nitrogen and oxygen atoms in total. The van der Waals surface area contributed by atoms with Crippen LogP contribution in [-0.4, -0.2) is 61.6 Å². The van der Waals surface area contributed by atoms with Crippen molar-refractivity contribution >= 4 is 23.1 Å². The lowest BCUT2D eigenvalue weighted by Gasteiger charge is -2.09. The number of anilines is 1. The molecule has 4 aromatic rings. The van der Waals surface area contributed by atoms with Crippen molar-refractivity contribution in [3.63, 3.8) is 0 Å². The molecule has 158 valence electrons. The Morgan fingerprint density at radius 2 is 1.84 bits per heavy atom. The first-order valence-electron chi connectivity index (χ1n) is 9.74. The van der Waals surface area contributed by atoms with Gasteiger partial charge in [-0.2, -0.15) is 0 Å². The summed E-state index contributed by atoms with van der Waals surface area (Å²) in [6, 6.07) is 5.62. The molecule has 3 aromatic heterocycles. The van der Waals surface area contributed by atoms with Crippen LogP contribution in [0.4, 0.5) is 10.7 Å². The highest BCUT2D eigenvalue weighted by Gasteiger charge is 2.16. The smallest absolute Gasteiger partial charge is 0.413 e. The van der Waals surface area contributed by atoms with Gasteiger partial charge in [0.15, 0.2) is 5.82 Å². The predicted molar refractivity (Wildman–Crippen MR) is 116 cm³/mol. The molecule has 0 fully saturated rings. The molecular weight excluding hydrogens is 396 g/mol. The molecule has 0 unspecified atom stereocenters. The van der Waals surface area contributed by atoms with Gasteiger partial charge in [0, 0.05) is 35.9 Å². The van der Waals surface area contributed by atoms with E-state index in [1.165, 1.54) is 0 Å². The molecule has 0 spiro atoms. The highest BCUT2D eigenvalue weighted by molar-refractivity contribution is 5.96. The Hall–Kier alpha value is -3.92. The molecule has 31 heavy (non-hydrogen) atoms. The monoisotopic (exact) mass is 418 g/mol. The van der Waals surface area contributed by atoms with Gasteiger partial charge >= 0.3 is 6.09 Å². The summed E-state index contributed by atoms with van der Waals surface area (Å²) in [7, 11) is 3.94. The minimum atomic E-state index is -0.579. The van der Waals surface area contributed by atoms with Crippen LogP contribution < -0.4 is 5.32 Å². The van der Waals surface area contributed by atoms with Crippen molar-refractivity contribution in [3.8, 4) is 22.5 Å². The summed E-state index contributed by atoms with van der Waals surface area (Å²) in [4.78, 5) is 39.1. The standard InChI is InChI=1S/C21H22N8O2/c1-4-31-21(30)28-20-26-16-9-13(14-10-24-17(25-11-14)12-29(2)3)8-15(18(16)27-20)19-22-6-5-7-23-19/h5-11H,4,12H2,1-3H3,(H2,26,27,28,30). The Morgan fingerprint density at radius 3 is 2.52 bits per heavy atom. The average Bonchev–Trinajstić information content (AvgIpc) is 3.16. The first kappa shape index (κ1) is 20.4. The summed E-state index contributed by atoms with van der Waals surface area (Å²) in [5, 5.41) is 2.60. The number of aromatic amines is 1. The van der Waals surface area contributed by atoms with Crippen LogP contribution in [0.5, 0.6) is 0 Å². The van der Waals surface area contributed by atoms with Crippen LogP contribution in [0, 0.1) is 0 Å². The zero-order valence-corrected chi connectivity index (χ0v) is 17.5. The number of nitrogens with one attached hydrogen (secondary N) is 2.